The third-order valence-electron chi connectivity index (χ3n) is 4.65. The van der Waals surface area contributed by atoms with Crippen LogP contribution in [0.1, 0.15) is 71.8 Å². The molecule has 0 unspecified atom stereocenters. The molecule has 0 radical (unpaired) electrons. The molecule has 0 amide bonds. The summed E-state index contributed by atoms with van der Waals surface area (Å²) in [5, 5.41) is 1.16. The average molecular weight is 287 g/mol. The largest absolute Gasteiger partial charge is 0.329 e. The summed E-state index contributed by atoms with van der Waals surface area (Å²) in [4.78, 5) is 8.55. The van der Waals surface area contributed by atoms with Gasteiger partial charge in [-0.25, -0.2) is 9.97 Å². The van der Waals surface area contributed by atoms with Crippen LogP contribution in [0.4, 0.5) is 0 Å². The Kier molecular flexibility index (Phi) is 6.21. The fourth-order valence-electron chi connectivity index (χ4n) is 3.45. The van der Waals surface area contributed by atoms with Crippen LogP contribution >= 0.6 is 0 Å². The molecule has 1 fully saturated rings. The third kappa shape index (κ3) is 3.84. The summed E-state index contributed by atoms with van der Waals surface area (Å²) in [6.07, 6.45) is 15.2. The van der Waals surface area contributed by atoms with Crippen molar-refractivity contribution in [3.8, 4) is 0 Å². The average Bonchev–Trinajstić information content (AvgIpc) is 2.93. The van der Waals surface area contributed by atoms with Crippen LogP contribution in [-0.2, 0) is 0 Å². The maximum Gasteiger partial charge on any atom is 0.143 e. The number of nitrogens with zero attached hydrogens (tertiary/aromatic N) is 3. The van der Waals surface area contributed by atoms with Crippen LogP contribution in [0.25, 0.3) is 11.0 Å². The number of rotatable bonds is 2. The molecule has 1 saturated carbocycles. The fourth-order valence-corrected chi connectivity index (χ4v) is 3.45. The van der Waals surface area contributed by atoms with Crippen molar-refractivity contribution < 1.29 is 0 Å². The first-order chi connectivity index (χ1) is 10.4. The van der Waals surface area contributed by atoms with Gasteiger partial charge in [0.25, 0.3) is 0 Å². The predicted octanol–water partition coefficient (Wildman–Crippen LogP) is 5.38. The van der Waals surface area contributed by atoms with Crippen LogP contribution in [0, 0.1) is 5.92 Å². The monoisotopic (exact) mass is 287 g/mol. The summed E-state index contributed by atoms with van der Waals surface area (Å²) < 4.78 is 2.38. The number of fused-ring (bicyclic) bond motifs is 1. The van der Waals surface area contributed by atoms with Gasteiger partial charge in [-0.3, -0.25) is 0 Å². The summed E-state index contributed by atoms with van der Waals surface area (Å²) in [6.45, 7) is 6.33. The molecule has 0 aliphatic heterocycles. The van der Waals surface area contributed by atoms with Crippen molar-refractivity contribution in [3.63, 3.8) is 0 Å². The minimum atomic E-state index is 0.630. The molecule has 2 aromatic rings. The number of hydrogen-bond donors (Lipinski definition) is 0. The van der Waals surface area contributed by atoms with Gasteiger partial charge in [0, 0.05) is 23.8 Å². The van der Waals surface area contributed by atoms with Gasteiger partial charge in [-0.1, -0.05) is 52.9 Å². The van der Waals surface area contributed by atoms with Gasteiger partial charge in [0.2, 0.25) is 0 Å². The molecular formula is C18H29N3. The molecule has 21 heavy (non-hydrogen) atoms. The third-order valence-corrected chi connectivity index (χ3v) is 4.65. The quantitative estimate of drug-likeness (QED) is 0.742. The highest BCUT2D eigenvalue weighted by Crippen LogP contribution is 2.32. The zero-order chi connectivity index (χ0) is 15.1. The minimum Gasteiger partial charge on any atom is -0.329 e. The lowest BCUT2D eigenvalue weighted by Gasteiger charge is -2.25. The molecule has 3 rings (SSSR count). The smallest absolute Gasteiger partial charge is 0.143 e. The first-order valence-corrected chi connectivity index (χ1v) is 8.65. The van der Waals surface area contributed by atoms with E-state index < -0.39 is 0 Å². The lowest BCUT2D eigenvalue weighted by Crippen LogP contribution is -2.13. The summed E-state index contributed by atoms with van der Waals surface area (Å²) in [7, 11) is 0. The van der Waals surface area contributed by atoms with Gasteiger partial charge >= 0.3 is 0 Å². The van der Waals surface area contributed by atoms with E-state index in [2.05, 4.69) is 33.7 Å². The maximum atomic E-state index is 4.45. The van der Waals surface area contributed by atoms with Gasteiger partial charge in [0.1, 0.15) is 12.0 Å². The molecule has 3 heteroatoms. The second-order valence-electron chi connectivity index (χ2n) is 5.81. The zero-order valence-electron chi connectivity index (χ0n) is 13.8. The topological polar surface area (TPSA) is 30.7 Å². The van der Waals surface area contributed by atoms with Crippen molar-refractivity contribution in [3.05, 3.63) is 24.8 Å². The summed E-state index contributed by atoms with van der Waals surface area (Å²) in [6, 6.07) is 2.77. The molecule has 0 atom stereocenters. The van der Waals surface area contributed by atoms with Crippen LogP contribution in [0.2, 0.25) is 0 Å². The maximum absolute atomic E-state index is 4.45. The summed E-state index contributed by atoms with van der Waals surface area (Å²) >= 11 is 0. The van der Waals surface area contributed by atoms with E-state index in [1.807, 2.05) is 20.0 Å². The highest BCUT2D eigenvalue weighted by molar-refractivity contribution is 5.74. The molecule has 0 N–H and O–H groups in total. The van der Waals surface area contributed by atoms with Crippen LogP contribution < -0.4 is 0 Å². The predicted molar refractivity (Wildman–Crippen MR) is 89.4 cm³/mol. The number of hydrogen-bond acceptors (Lipinski definition) is 2. The molecule has 1 aliphatic rings. The van der Waals surface area contributed by atoms with Crippen molar-refractivity contribution in [2.75, 3.05) is 0 Å². The molecule has 2 heterocycles. The van der Waals surface area contributed by atoms with Gasteiger partial charge in [0.05, 0.1) is 0 Å². The lowest BCUT2D eigenvalue weighted by molar-refractivity contribution is 0.313. The molecule has 116 valence electrons. The van der Waals surface area contributed by atoms with Gasteiger partial charge in [0.15, 0.2) is 0 Å². The van der Waals surface area contributed by atoms with Crippen LogP contribution in [0.15, 0.2) is 24.8 Å². The van der Waals surface area contributed by atoms with Crippen LogP contribution in [0.3, 0.4) is 0 Å². The SMILES string of the molecule is CC.CCC1CCCC(n2ccc3cncnc32)CCC1. The van der Waals surface area contributed by atoms with Crippen LogP contribution in [-0.4, -0.2) is 14.5 Å². The molecular weight excluding hydrogens is 258 g/mol. The minimum absolute atomic E-state index is 0.630. The van der Waals surface area contributed by atoms with Gasteiger partial charge in [-0.05, 0) is 24.8 Å². The second kappa shape index (κ2) is 8.16. The van der Waals surface area contributed by atoms with Gasteiger partial charge < -0.3 is 4.57 Å². The molecule has 2 aromatic heterocycles. The Morgan fingerprint density at radius 3 is 2.52 bits per heavy atom. The highest BCUT2D eigenvalue weighted by atomic mass is 15.1. The first kappa shape index (κ1) is 16.0. The molecule has 1 aliphatic carbocycles. The molecule has 0 aromatic carbocycles. The fraction of sp³-hybridized carbons (Fsp3) is 0.667. The van der Waals surface area contributed by atoms with Crippen molar-refractivity contribution in [2.45, 2.75) is 71.8 Å². The van der Waals surface area contributed by atoms with Crippen molar-refractivity contribution in [1.29, 1.82) is 0 Å². The Hall–Kier alpha value is -1.38. The Bertz CT molecular complexity index is 522. The molecule has 0 saturated heterocycles. The summed E-state index contributed by atoms with van der Waals surface area (Å²) in [5.74, 6) is 0.963. The van der Waals surface area contributed by atoms with Crippen molar-refractivity contribution >= 4 is 11.0 Å². The normalized spacial score (nSPS) is 23.0. The van der Waals surface area contributed by atoms with E-state index in [9.17, 15) is 0 Å². The Morgan fingerprint density at radius 1 is 1.14 bits per heavy atom. The lowest BCUT2D eigenvalue weighted by atomic mass is 9.87. The van der Waals surface area contributed by atoms with E-state index >= 15 is 0 Å². The number of aromatic nitrogens is 3. The van der Waals surface area contributed by atoms with E-state index in [-0.39, 0.29) is 0 Å². The first-order valence-electron chi connectivity index (χ1n) is 8.65. The van der Waals surface area contributed by atoms with Crippen LogP contribution in [0.5, 0.6) is 0 Å². The Labute approximate surface area is 128 Å². The standard InChI is InChI=1S/C16H23N3.C2H6/c1-2-13-5-3-7-15(8-4-6-13)19-10-9-14-11-17-12-18-16(14)19;1-2/h9-13,15H,2-8H2,1H3;1-2H3. The van der Waals surface area contributed by atoms with E-state index in [0.717, 1.165) is 17.0 Å². The Morgan fingerprint density at radius 2 is 1.86 bits per heavy atom. The van der Waals surface area contributed by atoms with Crippen molar-refractivity contribution in [1.82, 2.24) is 14.5 Å². The molecule has 3 nitrogen and oxygen atoms in total. The zero-order valence-corrected chi connectivity index (χ0v) is 13.8. The summed E-state index contributed by atoms with van der Waals surface area (Å²) in [5.41, 5.74) is 1.10. The van der Waals surface area contributed by atoms with E-state index in [1.54, 1.807) is 6.33 Å². The van der Waals surface area contributed by atoms with E-state index in [0.29, 0.717) is 6.04 Å². The van der Waals surface area contributed by atoms with Gasteiger partial charge in [-0.2, -0.15) is 0 Å². The highest BCUT2D eigenvalue weighted by Gasteiger charge is 2.18. The van der Waals surface area contributed by atoms with E-state index in [1.165, 1.54) is 44.9 Å². The molecule has 0 spiro atoms. The Balaban J connectivity index is 0.000000774. The molecule has 0 bridgehead atoms. The van der Waals surface area contributed by atoms with Crippen molar-refractivity contribution in [2.24, 2.45) is 5.92 Å². The second-order valence-corrected chi connectivity index (χ2v) is 5.81. The van der Waals surface area contributed by atoms with Gasteiger partial charge in [-0.15, -0.1) is 0 Å². The van der Waals surface area contributed by atoms with E-state index in [4.69, 9.17) is 0 Å².